The Morgan fingerprint density at radius 2 is 1.25 bits per heavy atom. The molecule has 32 heavy (non-hydrogen) atoms. The lowest BCUT2D eigenvalue weighted by Crippen LogP contribution is -1.95. The first-order valence-corrected chi connectivity index (χ1v) is 10.8. The van der Waals surface area contributed by atoms with E-state index in [1.807, 2.05) is 54.6 Å². The van der Waals surface area contributed by atoms with Crippen LogP contribution in [0.25, 0.3) is 22.2 Å². The molecule has 0 saturated heterocycles. The lowest BCUT2D eigenvalue weighted by molar-refractivity contribution is 0.306. The summed E-state index contributed by atoms with van der Waals surface area (Å²) in [5.41, 5.74) is 6.82. The van der Waals surface area contributed by atoms with E-state index in [9.17, 15) is 0 Å². The monoisotopic (exact) mass is 419 g/mol. The van der Waals surface area contributed by atoms with Crippen molar-refractivity contribution in [1.82, 2.24) is 4.98 Å². The van der Waals surface area contributed by atoms with Gasteiger partial charge in [-0.15, -0.1) is 0 Å². The third kappa shape index (κ3) is 4.37. The van der Waals surface area contributed by atoms with Crippen LogP contribution < -0.4 is 9.47 Å². The number of ether oxygens (including phenoxy) is 2. The van der Waals surface area contributed by atoms with Crippen LogP contribution in [0, 0.1) is 6.92 Å². The number of aryl methyl sites for hydroxylation is 1. The number of hydrogen-bond acceptors (Lipinski definition) is 2. The van der Waals surface area contributed by atoms with Crippen molar-refractivity contribution in [3.05, 3.63) is 120 Å². The molecule has 1 N–H and O–H groups in total. The molecule has 0 aliphatic carbocycles. The number of hydrogen-bond donors (Lipinski definition) is 1. The molecule has 0 fully saturated rings. The van der Waals surface area contributed by atoms with E-state index in [-0.39, 0.29) is 0 Å². The van der Waals surface area contributed by atoms with Gasteiger partial charge in [0.15, 0.2) is 0 Å². The Bertz CT molecular complexity index is 1320. The van der Waals surface area contributed by atoms with E-state index in [1.54, 1.807) is 0 Å². The van der Waals surface area contributed by atoms with Crippen molar-refractivity contribution in [3.63, 3.8) is 0 Å². The van der Waals surface area contributed by atoms with E-state index in [2.05, 4.69) is 60.4 Å². The first-order valence-electron chi connectivity index (χ1n) is 10.8. The normalized spacial score (nSPS) is 10.9. The molecular formula is C29H25NO2. The Hall–Kier alpha value is -3.98. The molecule has 0 saturated carbocycles. The van der Waals surface area contributed by atoms with Crippen LogP contribution in [-0.2, 0) is 13.2 Å². The summed E-state index contributed by atoms with van der Waals surface area (Å²) < 4.78 is 12.1. The highest BCUT2D eigenvalue weighted by Crippen LogP contribution is 2.33. The first kappa shape index (κ1) is 20.0. The molecule has 0 bridgehead atoms. The van der Waals surface area contributed by atoms with Gasteiger partial charge in [-0.05, 0) is 53.9 Å². The van der Waals surface area contributed by atoms with E-state index in [0.29, 0.717) is 13.2 Å². The maximum Gasteiger partial charge on any atom is 0.120 e. The minimum Gasteiger partial charge on any atom is -0.489 e. The lowest BCUT2D eigenvalue weighted by atomic mass is 10.1. The summed E-state index contributed by atoms with van der Waals surface area (Å²) in [6, 6.07) is 34.9. The standard InChI is InChI=1S/C29H25NO2/c1-21-27-18-26(32-20-23-11-6-3-7-12-23)15-16-28(27)30-29(21)24-13-8-14-25(17-24)31-19-22-9-4-2-5-10-22/h2-18,30H,19-20H2,1H3. The maximum atomic E-state index is 6.03. The summed E-state index contributed by atoms with van der Waals surface area (Å²) in [6.45, 7) is 3.26. The molecule has 5 aromatic rings. The molecule has 1 aromatic heterocycles. The number of fused-ring (bicyclic) bond motifs is 1. The fourth-order valence-electron chi connectivity index (χ4n) is 3.91. The van der Waals surface area contributed by atoms with Crippen molar-refractivity contribution in [2.45, 2.75) is 20.1 Å². The van der Waals surface area contributed by atoms with Gasteiger partial charge in [-0.1, -0.05) is 72.8 Å². The molecule has 0 radical (unpaired) electrons. The Balaban J connectivity index is 1.36. The summed E-state index contributed by atoms with van der Waals surface area (Å²) in [5.74, 6) is 1.73. The molecule has 0 aliphatic heterocycles. The molecule has 158 valence electrons. The van der Waals surface area contributed by atoms with Crippen LogP contribution in [0.1, 0.15) is 16.7 Å². The quantitative estimate of drug-likeness (QED) is 0.300. The van der Waals surface area contributed by atoms with Gasteiger partial charge in [0.2, 0.25) is 0 Å². The van der Waals surface area contributed by atoms with Gasteiger partial charge in [0.05, 0.1) is 0 Å². The van der Waals surface area contributed by atoms with E-state index < -0.39 is 0 Å². The molecule has 3 heteroatoms. The van der Waals surface area contributed by atoms with Gasteiger partial charge < -0.3 is 14.5 Å². The fraction of sp³-hybridized carbons (Fsp3) is 0.103. The highest BCUT2D eigenvalue weighted by Gasteiger charge is 2.11. The fourth-order valence-corrected chi connectivity index (χ4v) is 3.91. The lowest BCUT2D eigenvalue weighted by Gasteiger charge is -2.08. The number of aromatic nitrogens is 1. The molecule has 5 rings (SSSR count). The molecule has 1 heterocycles. The summed E-state index contributed by atoms with van der Waals surface area (Å²) in [5, 5.41) is 1.17. The largest absolute Gasteiger partial charge is 0.489 e. The van der Waals surface area contributed by atoms with Crippen molar-refractivity contribution in [1.29, 1.82) is 0 Å². The number of nitrogens with one attached hydrogen (secondary N) is 1. The predicted molar refractivity (Wildman–Crippen MR) is 130 cm³/mol. The number of benzene rings is 4. The Kier molecular flexibility index (Phi) is 5.63. The number of aromatic amines is 1. The van der Waals surface area contributed by atoms with Crippen LogP contribution >= 0.6 is 0 Å². The molecular weight excluding hydrogens is 394 g/mol. The third-order valence-electron chi connectivity index (χ3n) is 5.65. The average molecular weight is 420 g/mol. The second-order valence-electron chi connectivity index (χ2n) is 7.91. The Morgan fingerprint density at radius 3 is 1.91 bits per heavy atom. The third-order valence-corrected chi connectivity index (χ3v) is 5.65. The van der Waals surface area contributed by atoms with E-state index in [0.717, 1.165) is 39.4 Å². The van der Waals surface area contributed by atoms with Crippen molar-refractivity contribution in [2.24, 2.45) is 0 Å². The van der Waals surface area contributed by atoms with Gasteiger partial charge >= 0.3 is 0 Å². The summed E-state index contributed by atoms with van der Waals surface area (Å²) in [4.78, 5) is 3.57. The van der Waals surface area contributed by atoms with Gasteiger partial charge in [-0.25, -0.2) is 0 Å². The molecule has 0 spiro atoms. The van der Waals surface area contributed by atoms with Gasteiger partial charge in [0, 0.05) is 22.2 Å². The van der Waals surface area contributed by atoms with Crippen LogP contribution in [0.2, 0.25) is 0 Å². The van der Waals surface area contributed by atoms with Crippen LogP contribution in [-0.4, -0.2) is 4.98 Å². The zero-order chi connectivity index (χ0) is 21.8. The van der Waals surface area contributed by atoms with Crippen LogP contribution in [0.3, 0.4) is 0 Å². The summed E-state index contributed by atoms with van der Waals surface area (Å²) in [6.07, 6.45) is 0. The maximum absolute atomic E-state index is 6.03. The number of rotatable bonds is 7. The smallest absolute Gasteiger partial charge is 0.120 e. The molecule has 0 unspecified atom stereocenters. The minimum absolute atomic E-state index is 0.554. The Labute approximate surface area is 188 Å². The van der Waals surface area contributed by atoms with Crippen molar-refractivity contribution in [2.75, 3.05) is 0 Å². The van der Waals surface area contributed by atoms with Crippen molar-refractivity contribution < 1.29 is 9.47 Å². The van der Waals surface area contributed by atoms with Crippen LogP contribution in [0.5, 0.6) is 11.5 Å². The molecule has 3 nitrogen and oxygen atoms in total. The summed E-state index contributed by atoms with van der Waals surface area (Å²) in [7, 11) is 0. The topological polar surface area (TPSA) is 34.2 Å². The predicted octanol–water partition coefficient (Wildman–Crippen LogP) is 7.30. The van der Waals surface area contributed by atoms with Crippen LogP contribution in [0.4, 0.5) is 0 Å². The zero-order valence-electron chi connectivity index (χ0n) is 18.0. The van der Waals surface area contributed by atoms with Crippen molar-refractivity contribution in [3.8, 4) is 22.8 Å². The molecule has 0 aliphatic rings. The van der Waals surface area contributed by atoms with Crippen LogP contribution in [0.15, 0.2) is 103 Å². The first-order chi connectivity index (χ1) is 15.8. The van der Waals surface area contributed by atoms with E-state index in [1.165, 1.54) is 10.9 Å². The SMILES string of the molecule is Cc1c(-c2cccc(OCc3ccccc3)c2)[nH]c2ccc(OCc3ccccc3)cc12. The second kappa shape index (κ2) is 9.03. The van der Waals surface area contributed by atoms with E-state index >= 15 is 0 Å². The van der Waals surface area contributed by atoms with Gasteiger partial charge in [-0.2, -0.15) is 0 Å². The molecule has 0 atom stereocenters. The van der Waals surface area contributed by atoms with Crippen molar-refractivity contribution >= 4 is 10.9 Å². The summed E-state index contributed by atoms with van der Waals surface area (Å²) >= 11 is 0. The zero-order valence-corrected chi connectivity index (χ0v) is 18.0. The van der Waals surface area contributed by atoms with Gasteiger partial charge in [-0.3, -0.25) is 0 Å². The molecule has 0 amide bonds. The Morgan fingerprint density at radius 1 is 0.625 bits per heavy atom. The van der Waals surface area contributed by atoms with Gasteiger partial charge in [0.25, 0.3) is 0 Å². The average Bonchev–Trinajstić information content (AvgIpc) is 3.19. The highest BCUT2D eigenvalue weighted by molar-refractivity contribution is 5.91. The minimum atomic E-state index is 0.554. The van der Waals surface area contributed by atoms with Gasteiger partial charge in [0.1, 0.15) is 24.7 Å². The highest BCUT2D eigenvalue weighted by atomic mass is 16.5. The number of H-pyrrole nitrogens is 1. The molecule has 4 aromatic carbocycles. The van der Waals surface area contributed by atoms with E-state index in [4.69, 9.17) is 9.47 Å². The second-order valence-corrected chi connectivity index (χ2v) is 7.91.